The number of carbonyl (C=O) groups is 1. The molecule has 1 aliphatic heterocycles. The third kappa shape index (κ3) is 3.83. The van der Waals surface area contributed by atoms with Crippen molar-refractivity contribution in [3.8, 4) is 0 Å². The van der Waals surface area contributed by atoms with E-state index in [9.17, 15) is 9.59 Å². The number of hydrogen-bond donors (Lipinski definition) is 3. The largest absolute Gasteiger partial charge is 0.368 e. The first-order valence-corrected chi connectivity index (χ1v) is 8.50. The van der Waals surface area contributed by atoms with Crippen molar-refractivity contribution in [1.29, 1.82) is 0 Å². The summed E-state index contributed by atoms with van der Waals surface area (Å²) >= 11 is 0. The molecule has 0 unspecified atom stereocenters. The average molecular weight is 319 g/mol. The minimum absolute atomic E-state index is 0.0653. The highest BCUT2D eigenvalue weighted by atomic mass is 16.2. The van der Waals surface area contributed by atoms with Crippen LogP contribution in [0.1, 0.15) is 44.1 Å². The summed E-state index contributed by atoms with van der Waals surface area (Å²) in [7, 11) is 0. The Morgan fingerprint density at radius 2 is 1.96 bits per heavy atom. The average Bonchev–Trinajstić information content (AvgIpc) is 2.99. The fourth-order valence-corrected chi connectivity index (χ4v) is 3.52. The molecule has 7 heteroatoms. The molecule has 126 valence electrons. The molecular weight excluding hydrogens is 294 g/mol. The van der Waals surface area contributed by atoms with E-state index in [4.69, 9.17) is 0 Å². The van der Waals surface area contributed by atoms with Gasteiger partial charge in [-0.1, -0.05) is 19.3 Å². The van der Waals surface area contributed by atoms with Gasteiger partial charge in [0.1, 0.15) is 0 Å². The van der Waals surface area contributed by atoms with Gasteiger partial charge in [-0.15, -0.1) is 0 Å². The highest BCUT2D eigenvalue weighted by Crippen LogP contribution is 2.21. The Morgan fingerprint density at radius 3 is 2.74 bits per heavy atom. The number of amides is 2. The molecule has 2 heterocycles. The van der Waals surface area contributed by atoms with Gasteiger partial charge in [-0.25, -0.2) is 9.89 Å². The molecule has 0 aromatic carbocycles. The van der Waals surface area contributed by atoms with Crippen molar-refractivity contribution < 1.29 is 4.79 Å². The van der Waals surface area contributed by atoms with Gasteiger partial charge < -0.3 is 15.5 Å². The Balaban J connectivity index is 1.52. The van der Waals surface area contributed by atoms with Crippen LogP contribution in [0.5, 0.6) is 0 Å². The maximum atomic E-state index is 12.1. The van der Waals surface area contributed by atoms with Gasteiger partial charge in [0, 0.05) is 30.7 Å². The fourth-order valence-electron chi connectivity index (χ4n) is 3.52. The van der Waals surface area contributed by atoms with Crippen molar-refractivity contribution >= 4 is 11.7 Å². The molecule has 23 heavy (non-hydrogen) atoms. The molecule has 0 bridgehead atoms. The topological polar surface area (TPSA) is 90.1 Å². The fraction of sp³-hybridized carbons (Fsp3) is 0.688. The van der Waals surface area contributed by atoms with Crippen molar-refractivity contribution in [2.75, 3.05) is 18.0 Å². The van der Waals surface area contributed by atoms with Crippen LogP contribution in [0.3, 0.4) is 0 Å². The normalized spacial score (nSPS) is 22.1. The van der Waals surface area contributed by atoms with Crippen LogP contribution in [0.15, 0.2) is 11.0 Å². The van der Waals surface area contributed by atoms with Gasteiger partial charge in [-0.3, -0.25) is 4.79 Å². The standard InChI is InChI=1S/C16H25N5O2/c1-11-14(9-17-20-15(11)22)21-8-7-13(10-21)19-16(23)18-12-5-3-2-4-6-12/h9,12-13H,2-8,10H2,1H3,(H,20,22)(H2,18,19,23)/t13-/m1/s1. The lowest BCUT2D eigenvalue weighted by Gasteiger charge is -2.24. The molecule has 2 aliphatic rings. The van der Waals surface area contributed by atoms with Crippen LogP contribution in [0.2, 0.25) is 0 Å². The Hall–Kier alpha value is -2.05. The number of H-pyrrole nitrogens is 1. The Morgan fingerprint density at radius 1 is 1.22 bits per heavy atom. The maximum absolute atomic E-state index is 12.1. The van der Waals surface area contributed by atoms with Crippen molar-refractivity contribution in [1.82, 2.24) is 20.8 Å². The first kappa shape index (κ1) is 15.8. The number of urea groups is 1. The molecule has 2 fully saturated rings. The second kappa shape index (κ2) is 7.02. The molecule has 1 saturated carbocycles. The van der Waals surface area contributed by atoms with Gasteiger partial charge in [0.25, 0.3) is 5.56 Å². The number of nitrogens with zero attached hydrogens (tertiary/aromatic N) is 2. The summed E-state index contributed by atoms with van der Waals surface area (Å²) < 4.78 is 0. The van der Waals surface area contributed by atoms with Gasteiger partial charge in [-0.2, -0.15) is 5.10 Å². The minimum atomic E-state index is -0.158. The maximum Gasteiger partial charge on any atom is 0.315 e. The second-order valence-corrected chi connectivity index (χ2v) is 6.59. The number of anilines is 1. The monoisotopic (exact) mass is 319 g/mol. The van der Waals surface area contributed by atoms with Gasteiger partial charge in [0.05, 0.1) is 11.9 Å². The quantitative estimate of drug-likeness (QED) is 0.783. The van der Waals surface area contributed by atoms with E-state index in [1.54, 1.807) is 13.1 Å². The molecular formula is C16H25N5O2. The van der Waals surface area contributed by atoms with Gasteiger partial charge in [0.2, 0.25) is 0 Å². The number of aromatic amines is 1. The van der Waals surface area contributed by atoms with Crippen LogP contribution in [0.25, 0.3) is 0 Å². The van der Waals surface area contributed by atoms with Crippen LogP contribution in [0.4, 0.5) is 10.5 Å². The SMILES string of the molecule is Cc1c(N2CC[C@@H](NC(=O)NC3CCCCC3)C2)cn[nH]c1=O. The molecule has 1 aromatic rings. The minimum Gasteiger partial charge on any atom is -0.368 e. The summed E-state index contributed by atoms with van der Waals surface area (Å²) in [6.45, 7) is 3.33. The second-order valence-electron chi connectivity index (χ2n) is 6.59. The van der Waals surface area contributed by atoms with Crippen LogP contribution in [-0.2, 0) is 0 Å². The molecule has 3 N–H and O–H groups in total. The van der Waals surface area contributed by atoms with E-state index in [0.717, 1.165) is 31.5 Å². The summed E-state index contributed by atoms with van der Waals surface area (Å²) in [5.41, 5.74) is 1.37. The van der Waals surface area contributed by atoms with Crippen molar-refractivity contribution in [3.63, 3.8) is 0 Å². The molecule has 3 rings (SSSR count). The summed E-state index contributed by atoms with van der Waals surface area (Å²) in [5.74, 6) is 0. The zero-order valence-corrected chi connectivity index (χ0v) is 13.6. The number of aromatic nitrogens is 2. The Kier molecular flexibility index (Phi) is 4.83. The van der Waals surface area contributed by atoms with E-state index >= 15 is 0 Å². The third-order valence-corrected chi connectivity index (χ3v) is 4.88. The van der Waals surface area contributed by atoms with E-state index in [1.807, 2.05) is 0 Å². The molecule has 1 aromatic heterocycles. The molecule has 1 aliphatic carbocycles. The lowest BCUT2D eigenvalue weighted by atomic mass is 9.96. The van der Waals surface area contributed by atoms with Gasteiger partial charge in [0.15, 0.2) is 0 Å². The first-order valence-electron chi connectivity index (χ1n) is 8.50. The number of nitrogens with one attached hydrogen (secondary N) is 3. The zero-order chi connectivity index (χ0) is 16.2. The molecule has 1 atom stereocenters. The summed E-state index contributed by atoms with van der Waals surface area (Å²) in [6.07, 6.45) is 8.42. The van der Waals surface area contributed by atoms with E-state index in [-0.39, 0.29) is 17.6 Å². The zero-order valence-electron chi connectivity index (χ0n) is 13.6. The van der Waals surface area contributed by atoms with Crippen LogP contribution in [-0.4, -0.2) is 41.4 Å². The van der Waals surface area contributed by atoms with Crippen molar-refractivity contribution in [2.24, 2.45) is 0 Å². The van der Waals surface area contributed by atoms with Gasteiger partial charge in [-0.05, 0) is 26.2 Å². The molecule has 7 nitrogen and oxygen atoms in total. The molecule has 2 amide bonds. The van der Waals surface area contributed by atoms with E-state index in [0.29, 0.717) is 18.2 Å². The van der Waals surface area contributed by atoms with Gasteiger partial charge >= 0.3 is 6.03 Å². The van der Waals surface area contributed by atoms with Crippen molar-refractivity contribution in [2.45, 2.75) is 57.5 Å². The lowest BCUT2D eigenvalue weighted by Crippen LogP contribution is -2.47. The Bertz CT molecular complexity index is 609. The number of rotatable bonds is 3. The molecule has 0 spiro atoms. The molecule has 0 radical (unpaired) electrons. The number of hydrogen-bond acceptors (Lipinski definition) is 4. The smallest absolute Gasteiger partial charge is 0.315 e. The van der Waals surface area contributed by atoms with Crippen LogP contribution in [0, 0.1) is 6.92 Å². The lowest BCUT2D eigenvalue weighted by molar-refractivity contribution is 0.229. The summed E-state index contributed by atoms with van der Waals surface area (Å²) in [6, 6.07) is 0.363. The summed E-state index contributed by atoms with van der Waals surface area (Å²) in [4.78, 5) is 25.9. The highest BCUT2D eigenvalue weighted by molar-refractivity contribution is 5.74. The van der Waals surface area contributed by atoms with Crippen LogP contribution < -0.4 is 21.1 Å². The summed E-state index contributed by atoms with van der Waals surface area (Å²) in [5, 5.41) is 12.5. The Labute approximate surface area is 135 Å². The van der Waals surface area contributed by atoms with E-state index < -0.39 is 0 Å². The highest BCUT2D eigenvalue weighted by Gasteiger charge is 2.26. The number of carbonyl (C=O) groups excluding carboxylic acids is 1. The first-order chi connectivity index (χ1) is 11.1. The van der Waals surface area contributed by atoms with Crippen molar-refractivity contribution in [3.05, 3.63) is 22.1 Å². The molecule has 1 saturated heterocycles. The predicted molar refractivity (Wildman–Crippen MR) is 88.8 cm³/mol. The van der Waals surface area contributed by atoms with E-state index in [2.05, 4.69) is 25.7 Å². The predicted octanol–water partition coefficient (Wildman–Crippen LogP) is 1.29. The van der Waals surface area contributed by atoms with E-state index in [1.165, 1.54) is 19.3 Å². The van der Waals surface area contributed by atoms with Crippen LogP contribution >= 0.6 is 0 Å². The third-order valence-electron chi connectivity index (χ3n) is 4.88.